The Morgan fingerprint density at radius 1 is 0.500 bits per heavy atom. The Morgan fingerprint density at radius 3 is 1.17 bits per heavy atom. The Hall–Kier alpha value is -6.32. The van der Waals surface area contributed by atoms with Crippen molar-refractivity contribution < 1.29 is 45.0 Å². The molecule has 1 atom stereocenters. The standard InChI is InChI=1S/C43H38F3N3O7S2/c1-48(2)41(49(3)4)47-32-11-23-38(24-12-32)57(52,53)37-21-9-31(10-22-37)42(43(44,45)46,29-5-13-33(50)14-6-29)30-7-17-35(18-8-30)56-36-19-27-40(28-20-36)58(54,55)39-25-15-34(51)16-26-39/h5-28,50-51H,1-4H3. The summed E-state index contributed by atoms with van der Waals surface area (Å²) in [6.07, 6.45) is -4.99. The summed E-state index contributed by atoms with van der Waals surface area (Å²) in [4.78, 5) is 7.79. The summed E-state index contributed by atoms with van der Waals surface area (Å²) < 4.78 is 107. The van der Waals surface area contributed by atoms with Crippen molar-refractivity contribution in [3.8, 4) is 23.0 Å². The molecule has 0 amide bonds. The molecule has 300 valence electrons. The number of aliphatic imine (C=N–C) groups is 1. The summed E-state index contributed by atoms with van der Waals surface area (Å²) in [5, 5.41) is 19.5. The van der Waals surface area contributed by atoms with E-state index in [1.807, 2.05) is 28.2 Å². The summed E-state index contributed by atoms with van der Waals surface area (Å²) in [5.74, 6) is 0.657. The maximum atomic E-state index is 15.8. The smallest absolute Gasteiger partial charge is 0.406 e. The van der Waals surface area contributed by atoms with Gasteiger partial charge in [0.25, 0.3) is 0 Å². The van der Waals surface area contributed by atoms with Gasteiger partial charge in [-0.3, -0.25) is 0 Å². The van der Waals surface area contributed by atoms with E-state index >= 15 is 13.2 Å². The highest BCUT2D eigenvalue weighted by Gasteiger charge is 2.58. The minimum Gasteiger partial charge on any atom is -0.508 e. The number of nitrogens with zero attached hydrogens (tertiary/aromatic N) is 3. The van der Waals surface area contributed by atoms with Gasteiger partial charge in [0, 0.05) is 28.2 Å². The highest BCUT2D eigenvalue weighted by atomic mass is 32.2. The van der Waals surface area contributed by atoms with Crippen LogP contribution >= 0.6 is 0 Å². The Labute approximate surface area is 334 Å². The van der Waals surface area contributed by atoms with Crippen LogP contribution in [0.5, 0.6) is 23.0 Å². The number of phenolic OH excluding ortho intramolecular Hbond substituents is 2. The average Bonchev–Trinajstić information content (AvgIpc) is 3.18. The van der Waals surface area contributed by atoms with Gasteiger partial charge in [-0.2, -0.15) is 13.2 Å². The lowest BCUT2D eigenvalue weighted by molar-refractivity contribution is -0.166. The Kier molecular flexibility index (Phi) is 11.3. The number of sulfone groups is 2. The molecule has 58 heavy (non-hydrogen) atoms. The fourth-order valence-corrected chi connectivity index (χ4v) is 9.02. The van der Waals surface area contributed by atoms with E-state index in [2.05, 4.69) is 4.99 Å². The third-order valence-electron chi connectivity index (χ3n) is 9.30. The zero-order valence-corrected chi connectivity index (χ0v) is 33.2. The lowest BCUT2D eigenvalue weighted by Crippen LogP contribution is -2.44. The predicted octanol–water partition coefficient (Wildman–Crippen LogP) is 8.56. The van der Waals surface area contributed by atoms with Crippen LogP contribution in [-0.2, 0) is 25.1 Å². The van der Waals surface area contributed by atoms with E-state index in [9.17, 15) is 27.0 Å². The molecule has 0 aliphatic rings. The van der Waals surface area contributed by atoms with Crippen LogP contribution < -0.4 is 4.74 Å². The molecule has 15 heteroatoms. The van der Waals surface area contributed by atoms with E-state index in [1.165, 1.54) is 84.9 Å². The molecule has 10 nitrogen and oxygen atoms in total. The maximum Gasteiger partial charge on any atom is 0.406 e. The molecule has 0 bridgehead atoms. The van der Waals surface area contributed by atoms with E-state index in [-0.39, 0.29) is 59.3 Å². The lowest BCUT2D eigenvalue weighted by Gasteiger charge is -2.37. The van der Waals surface area contributed by atoms with Crippen LogP contribution in [0.2, 0.25) is 0 Å². The molecule has 6 aromatic carbocycles. The summed E-state index contributed by atoms with van der Waals surface area (Å²) in [6.45, 7) is 0. The maximum absolute atomic E-state index is 15.8. The van der Waals surface area contributed by atoms with Gasteiger partial charge >= 0.3 is 6.18 Å². The third kappa shape index (κ3) is 8.08. The highest BCUT2D eigenvalue weighted by Crippen LogP contribution is 2.52. The number of rotatable bonds is 10. The number of halogens is 3. The summed E-state index contributed by atoms with van der Waals surface area (Å²) in [6, 6.07) is 30.7. The van der Waals surface area contributed by atoms with E-state index in [4.69, 9.17) is 4.74 Å². The number of ether oxygens (including phenoxy) is 1. The molecule has 0 saturated carbocycles. The van der Waals surface area contributed by atoms with Gasteiger partial charge < -0.3 is 24.7 Å². The minimum absolute atomic E-state index is 0.0249. The molecule has 6 rings (SSSR count). The van der Waals surface area contributed by atoms with Crippen molar-refractivity contribution in [2.75, 3.05) is 28.2 Å². The lowest BCUT2D eigenvalue weighted by atomic mass is 9.68. The summed E-state index contributed by atoms with van der Waals surface area (Å²) in [7, 11) is -0.768. The fraction of sp³-hybridized carbons (Fsp3) is 0.140. The quantitative estimate of drug-likeness (QED) is 0.0791. The molecule has 0 radical (unpaired) electrons. The van der Waals surface area contributed by atoms with Crippen LogP contribution in [0, 0.1) is 0 Å². The zero-order valence-electron chi connectivity index (χ0n) is 31.6. The monoisotopic (exact) mass is 829 g/mol. The second-order valence-electron chi connectivity index (χ2n) is 13.6. The van der Waals surface area contributed by atoms with Crippen molar-refractivity contribution in [3.63, 3.8) is 0 Å². The first-order chi connectivity index (χ1) is 27.3. The van der Waals surface area contributed by atoms with Gasteiger partial charge in [-0.1, -0.05) is 36.4 Å². The second kappa shape index (κ2) is 15.9. The van der Waals surface area contributed by atoms with Gasteiger partial charge in [0.05, 0.1) is 25.3 Å². The SMILES string of the molecule is CN(C)C(=Nc1ccc(S(=O)(=O)c2ccc(C(c3ccc(O)cc3)(c3ccc(Oc4ccc(S(=O)(=O)c5ccc(O)cc5)cc4)cc3)C(F)(F)F)cc2)cc1)N(C)C. The normalized spacial score (nSPS) is 12.9. The van der Waals surface area contributed by atoms with E-state index in [0.717, 1.165) is 48.5 Å². The molecule has 0 heterocycles. The Morgan fingerprint density at radius 2 is 0.793 bits per heavy atom. The van der Waals surface area contributed by atoms with Crippen molar-refractivity contribution in [3.05, 3.63) is 162 Å². The van der Waals surface area contributed by atoms with Gasteiger partial charge in [0.1, 0.15) is 28.4 Å². The summed E-state index contributed by atoms with van der Waals surface area (Å²) in [5.41, 5.74) is -3.08. The van der Waals surface area contributed by atoms with Crippen LogP contribution in [0.4, 0.5) is 18.9 Å². The van der Waals surface area contributed by atoms with Gasteiger partial charge in [-0.25, -0.2) is 21.8 Å². The van der Waals surface area contributed by atoms with Crippen LogP contribution in [0.3, 0.4) is 0 Å². The van der Waals surface area contributed by atoms with Crippen LogP contribution in [0.15, 0.2) is 170 Å². The predicted molar refractivity (Wildman–Crippen MR) is 213 cm³/mol. The summed E-state index contributed by atoms with van der Waals surface area (Å²) >= 11 is 0. The van der Waals surface area contributed by atoms with Crippen molar-refractivity contribution in [2.45, 2.75) is 31.2 Å². The van der Waals surface area contributed by atoms with E-state index in [1.54, 1.807) is 21.9 Å². The van der Waals surface area contributed by atoms with E-state index < -0.39 is 31.3 Å². The first-order valence-electron chi connectivity index (χ1n) is 17.5. The minimum atomic E-state index is -4.99. The van der Waals surface area contributed by atoms with Crippen LogP contribution in [0.1, 0.15) is 16.7 Å². The molecular weight excluding hydrogens is 792 g/mol. The van der Waals surface area contributed by atoms with Crippen LogP contribution in [-0.4, -0.2) is 77.2 Å². The molecule has 0 aliphatic carbocycles. The number of guanidine groups is 1. The number of aromatic hydroxyl groups is 2. The Balaban J connectivity index is 1.33. The molecule has 1 unspecified atom stereocenters. The van der Waals surface area contributed by atoms with Crippen molar-refractivity contribution >= 4 is 31.3 Å². The first kappa shape index (κ1) is 41.3. The molecule has 6 aromatic rings. The Bertz CT molecular complexity index is 2630. The van der Waals surface area contributed by atoms with Gasteiger partial charge in [-0.05, 0) is 126 Å². The van der Waals surface area contributed by atoms with Gasteiger partial charge in [0.2, 0.25) is 25.6 Å². The van der Waals surface area contributed by atoms with Gasteiger partial charge in [-0.15, -0.1) is 0 Å². The third-order valence-corrected chi connectivity index (χ3v) is 12.9. The molecule has 2 N–H and O–H groups in total. The second-order valence-corrected chi connectivity index (χ2v) is 17.5. The molecule has 0 aliphatic heterocycles. The molecule has 0 aromatic heterocycles. The van der Waals surface area contributed by atoms with Crippen molar-refractivity contribution in [1.82, 2.24) is 9.80 Å². The number of phenols is 2. The number of alkyl halides is 3. The zero-order chi connectivity index (χ0) is 42.0. The number of hydrogen-bond acceptors (Lipinski definition) is 8. The number of benzene rings is 6. The van der Waals surface area contributed by atoms with E-state index in [0.29, 0.717) is 11.6 Å². The molecule has 0 fully saturated rings. The van der Waals surface area contributed by atoms with Crippen molar-refractivity contribution in [1.29, 1.82) is 0 Å². The highest BCUT2D eigenvalue weighted by molar-refractivity contribution is 7.91. The topological polar surface area (TPSA) is 137 Å². The molecular formula is C43H38F3N3O7S2. The van der Waals surface area contributed by atoms with Gasteiger partial charge in [0.15, 0.2) is 0 Å². The molecule has 0 saturated heterocycles. The largest absolute Gasteiger partial charge is 0.508 e. The fourth-order valence-electron chi connectivity index (χ4n) is 6.50. The number of hydrogen-bond donors (Lipinski definition) is 2. The average molecular weight is 830 g/mol. The van der Waals surface area contributed by atoms with Crippen LogP contribution in [0.25, 0.3) is 0 Å². The first-order valence-corrected chi connectivity index (χ1v) is 20.5. The van der Waals surface area contributed by atoms with Crippen molar-refractivity contribution in [2.24, 2.45) is 4.99 Å². The molecule has 0 spiro atoms.